The highest BCUT2D eigenvalue weighted by molar-refractivity contribution is 5.94. The Morgan fingerprint density at radius 1 is 1.21 bits per heavy atom. The fourth-order valence-corrected chi connectivity index (χ4v) is 3.70. The van der Waals surface area contributed by atoms with E-state index in [0.29, 0.717) is 18.2 Å². The fourth-order valence-electron chi connectivity index (χ4n) is 3.70. The summed E-state index contributed by atoms with van der Waals surface area (Å²) >= 11 is 0. The summed E-state index contributed by atoms with van der Waals surface area (Å²) in [4.78, 5) is 17.5. The van der Waals surface area contributed by atoms with Crippen molar-refractivity contribution in [1.29, 1.82) is 0 Å². The van der Waals surface area contributed by atoms with Gasteiger partial charge in [-0.2, -0.15) is 0 Å². The molecule has 148 valence electrons. The summed E-state index contributed by atoms with van der Waals surface area (Å²) in [6, 6.07) is 13.5. The van der Waals surface area contributed by atoms with Crippen LogP contribution in [0.5, 0.6) is 5.75 Å². The van der Waals surface area contributed by atoms with E-state index in [1.807, 2.05) is 53.1 Å². The Morgan fingerprint density at radius 3 is 2.71 bits per heavy atom. The summed E-state index contributed by atoms with van der Waals surface area (Å²) < 4.78 is 7.27. The molecule has 0 unspecified atom stereocenters. The Balaban J connectivity index is 1.92. The average Bonchev–Trinajstić information content (AvgIpc) is 2.98. The lowest BCUT2D eigenvalue weighted by Crippen LogP contribution is -2.19. The molecule has 0 fully saturated rings. The van der Waals surface area contributed by atoms with Crippen molar-refractivity contribution in [2.45, 2.75) is 40.5 Å². The SMILES string of the molecule is COc1cccc(-c2nc3ccccn3c2NC(=O)C[C@@H](C)CC(C)(C)C)c1. The van der Waals surface area contributed by atoms with Crippen LogP contribution >= 0.6 is 0 Å². The summed E-state index contributed by atoms with van der Waals surface area (Å²) in [6.45, 7) is 8.73. The molecule has 1 atom stereocenters. The van der Waals surface area contributed by atoms with Gasteiger partial charge in [0.1, 0.15) is 22.9 Å². The Hall–Kier alpha value is -2.82. The maximum absolute atomic E-state index is 12.8. The van der Waals surface area contributed by atoms with E-state index >= 15 is 0 Å². The topological polar surface area (TPSA) is 55.6 Å². The number of nitrogens with zero attached hydrogens (tertiary/aromatic N) is 2. The number of carbonyl (C=O) groups is 1. The number of anilines is 1. The fraction of sp³-hybridized carbons (Fsp3) is 0.391. The number of aromatic nitrogens is 2. The first kappa shape index (κ1) is 19.9. The molecule has 0 aliphatic rings. The van der Waals surface area contributed by atoms with Crippen molar-refractivity contribution in [3.63, 3.8) is 0 Å². The van der Waals surface area contributed by atoms with Crippen LogP contribution in [0, 0.1) is 11.3 Å². The first-order valence-electron chi connectivity index (χ1n) is 9.68. The van der Waals surface area contributed by atoms with Gasteiger partial charge in [-0.1, -0.05) is 45.9 Å². The van der Waals surface area contributed by atoms with Gasteiger partial charge in [-0.15, -0.1) is 0 Å². The van der Waals surface area contributed by atoms with Crippen LogP contribution in [-0.2, 0) is 4.79 Å². The second kappa shape index (κ2) is 8.05. The number of methoxy groups -OCH3 is 1. The molecular weight excluding hydrogens is 350 g/mol. The minimum Gasteiger partial charge on any atom is -0.497 e. The van der Waals surface area contributed by atoms with Crippen molar-refractivity contribution in [3.8, 4) is 17.0 Å². The zero-order valence-electron chi connectivity index (χ0n) is 17.3. The van der Waals surface area contributed by atoms with Gasteiger partial charge >= 0.3 is 0 Å². The monoisotopic (exact) mass is 379 g/mol. The van der Waals surface area contributed by atoms with Gasteiger partial charge in [0.15, 0.2) is 0 Å². The van der Waals surface area contributed by atoms with E-state index in [9.17, 15) is 4.79 Å². The number of nitrogens with one attached hydrogen (secondary N) is 1. The highest BCUT2D eigenvalue weighted by Crippen LogP contribution is 2.32. The standard InChI is InChI=1S/C23H29N3O2/c1-16(15-23(2,3)4)13-20(27)25-22-21(17-9-8-10-18(14-17)28-5)24-19-11-6-7-12-26(19)22/h6-12,14,16H,13,15H2,1-5H3,(H,25,27)/t16-/m1/s1. The van der Waals surface area contributed by atoms with Gasteiger partial charge in [-0.25, -0.2) is 4.98 Å². The van der Waals surface area contributed by atoms with Gasteiger partial charge in [0.25, 0.3) is 0 Å². The summed E-state index contributed by atoms with van der Waals surface area (Å²) in [6.07, 6.45) is 3.39. The zero-order chi connectivity index (χ0) is 20.3. The lowest BCUT2D eigenvalue weighted by atomic mass is 9.84. The van der Waals surface area contributed by atoms with Crippen LogP contribution < -0.4 is 10.1 Å². The third-order valence-corrected chi connectivity index (χ3v) is 4.63. The predicted octanol–water partition coefficient (Wildman–Crippen LogP) is 5.41. The smallest absolute Gasteiger partial charge is 0.225 e. The predicted molar refractivity (Wildman–Crippen MR) is 114 cm³/mol. The van der Waals surface area contributed by atoms with Gasteiger partial charge in [0.05, 0.1) is 7.11 Å². The minimum absolute atomic E-state index is 0.00606. The molecule has 3 aromatic rings. The van der Waals surface area contributed by atoms with Gasteiger partial charge in [0.2, 0.25) is 5.91 Å². The molecular formula is C23H29N3O2. The van der Waals surface area contributed by atoms with Crippen LogP contribution in [0.25, 0.3) is 16.9 Å². The summed E-state index contributed by atoms with van der Waals surface area (Å²) in [5.74, 6) is 1.76. The molecule has 5 heteroatoms. The third-order valence-electron chi connectivity index (χ3n) is 4.63. The van der Waals surface area contributed by atoms with E-state index < -0.39 is 0 Å². The van der Waals surface area contributed by atoms with Gasteiger partial charge in [-0.05, 0) is 42.0 Å². The molecule has 2 heterocycles. The number of pyridine rings is 1. The van der Waals surface area contributed by atoms with Crippen LogP contribution in [0.4, 0.5) is 5.82 Å². The van der Waals surface area contributed by atoms with E-state index in [2.05, 4.69) is 33.0 Å². The molecule has 0 bridgehead atoms. The number of carbonyl (C=O) groups excluding carboxylic acids is 1. The first-order valence-corrected chi connectivity index (χ1v) is 9.68. The van der Waals surface area contributed by atoms with Crippen molar-refractivity contribution in [1.82, 2.24) is 9.38 Å². The quantitative estimate of drug-likeness (QED) is 0.623. The molecule has 0 saturated carbocycles. The Bertz CT molecular complexity index is 969. The molecule has 0 aliphatic carbocycles. The molecule has 0 saturated heterocycles. The Kier molecular flexibility index (Phi) is 5.73. The lowest BCUT2D eigenvalue weighted by molar-refractivity contribution is -0.117. The maximum Gasteiger partial charge on any atom is 0.225 e. The average molecular weight is 380 g/mol. The summed E-state index contributed by atoms with van der Waals surface area (Å²) in [5.41, 5.74) is 2.63. The number of ether oxygens (including phenoxy) is 1. The van der Waals surface area contributed by atoms with Crippen molar-refractivity contribution in [3.05, 3.63) is 48.7 Å². The van der Waals surface area contributed by atoms with Crippen molar-refractivity contribution >= 4 is 17.4 Å². The first-order chi connectivity index (χ1) is 13.3. The number of amides is 1. The maximum atomic E-state index is 12.8. The molecule has 28 heavy (non-hydrogen) atoms. The number of benzene rings is 1. The Morgan fingerprint density at radius 2 is 2.00 bits per heavy atom. The van der Waals surface area contributed by atoms with Gasteiger partial charge in [0, 0.05) is 18.2 Å². The van der Waals surface area contributed by atoms with E-state index in [4.69, 9.17) is 9.72 Å². The number of hydrogen-bond donors (Lipinski definition) is 1. The molecule has 5 nitrogen and oxygen atoms in total. The Labute approximate surface area is 166 Å². The van der Waals surface area contributed by atoms with Crippen LogP contribution in [0.15, 0.2) is 48.7 Å². The molecule has 1 amide bonds. The molecule has 1 N–H and O–H groups in total. The van der Waals surface area contributed by atoms with Crippen molar-refractivity contribution in [2.75, 3.05) is 12.4 Å². The molecule has 0 aliphatic heterocycles. The number of fused-ring (bicyclic) bond motifs is 1. The van der Waals surface area contributed by atoms with E-state index in [0.717, 1.165) is 29.1 Å². The van der Waals surface area contributed by atoms with Crippen molar-refractivity contribution in [2.24, 2.45) is 11.3 Å². The van der Waals surface area contributed by atoms with E-state index in [-0.39, 0.29) is 11.3 Å². The number of imidazole rings is 1. The highest BCUT2D eigenvalue weighted by atomic mass is 16.5. The molecule has 0 radical (unpaired) electrons. The summed E-state index contributed by atoms with van der Waals surface area (Å²) in [5, 5.41) is 3.11. The van der Waals surface area contributed by atoms with Crippen molar-refractivity contribution < 1.29 is 9.53 Å². The van der Waals surface area contributed by atoms with Crippen LogP contribution in [0.1, 0.15) is 40.5 Å². The van der Waals surface area contributed by atoms with Gasteiger partial charge in [-0.3, -0.25) is 9.20 Å². The molecule has 0 spiro atoms. The minimum atomic E-state index is 0.00606. The van der Waals surface area contributed by atoms with Crippen LogP contribution in [-0.4, -0.2) is 22.4 Å². The normalized spacial score (nSPS) is 12.8. The highest BCUT2D eigenvalue weighted by Gasteiger charge is 2.20. The van der Waals surface area contributed by atoms with Gasteiger partial charge < -0.3 is 10.1 Å². The second-order valence-corrected chi connectivity index (χ2v) is 8.59. The number of rotatable bonds is 6. The summed E-state index contributed by atoms with van der Waals surface area (Å²) in [7, 11) is 1.64. The zero-order valence-corrected chi connectivity index (χ0v) is 17.3. The third kappa shape index (κ3) is 4.71. The molecule has 3 rings (SSSR count). The molecule has 1 aromatic carbocycles. The second-order valence-electron chi connectivity index (χ2n) is 8.59. The van der Waals surface area contributed by atoms with Crippen LogP contribution in [0.3, 0.4) is 0 Å². The number of hydrogen-bond acceptors (Lipinski definition) is 3. The largest absolute Gasteiger partial charge is 0.497 e. The molecule has 2 aromatic heterocycles. The van der Waals surface area contributed by atoms with E-state index in [1.165, 1.54) is 0 Å². The van der Waals surface area contributed by atoms with Crippen LogP contribution in [0.2, 0.25) is 0 Å². The lowest BCUT2D eigenvalue weighted by Gasteiger charge is -2.22. The van der Waals surface area contributed by atoms with E-state index in [1.54, 1.807) is 7.11 Å².